The molecule has 2 rings (SSSR count). The predicted octanol–water partition coefficient (Wildman–Crippen LogP) is 1.30. The van der Waals surface area contributed by atoms with Crippen molar-refractivity contribution in [3.05, 3.63) is 24.1 Å². The van der Waals surface area contributed by atoms with Crippen LogP contribution >= 0.6 is 0 Å². The van der Waals surface area contributed by atoms with Gasteiger partial charge in [-0.1, -0.05) is 6.92 Å². The Morgan fingerprint density at radius 2 is 2.30 bits per heavy atom. The summed E-state index contributed by atoms with van der Waals surface area (Å²) < 4.78 is 39.6. The van der Waals surface area contributed by atoms with E-state index in [-0.39, 0.29) is 12.5 Å². The Morgan fingerprint density at radius 3 is 2.95 bits per heavy atom. The van der Waals surface area contributed by atoms with Crippen molar-refractivity contribution in [3.8, 4) is 0 Å². The number of aromatic nitrogens is 1. The van der Waals surface area contributed by atoms with Gasteiger partial charge in [-0.3, -0.25) is 0 Å². The van der Waals surface area contributed by atoms with Crippen molar-refractivity contribution in [2.24, 2.45) is 10.9 Å². The molecule has 2 atom stereocenters. The number of isocyanates is 1. The maximum absolute atomic E-state index is 13.7. The summed E-state index contributed by atoms with van der Waals surface area (Å²) in [6.07, 6.45) is 3.11. The van der Waals surface area contributed by atoms with Crippen LogP contribution in [0.25, 0.3) is 0 Å². The maximum Gasteiger partial charge on any atom is 0.265 e. The average molecular weight is 299 g/mol. The number of rotatable bonds is 3. The molecule has 0 aromatic carbocycles. The van der Waals surface area contributed by atoms with E-state index in [0.29, 0.717) is 6.42 Å². The third-order valence-electron chi connectivity index (χ3n) is 3.30. The zero-order valence-electron chi connectivity index (χ0n) is 10.9. The lowest BCUT2D eigenvalue weighted by Crippen LogP contribution is -2.47. The van der Waals surface area contributed by atoms with Crippen LogP contribution in [0.1, 0.15) is 19.8 Å². The lowest BCUT2D eigenvalue weighted by molar-refractivity contribution is 0.193. The molecule has 0 bridgehead atoms. The summed E-state index contributed by atoms with van der Waals surface area (Å²) in [7, 11) is -4.12. The number of hydrogen-bond acceptors (Lipinski definition) is 5. The van der Waals surface area contributed by atoms with Crippen LogP contribution in [0.2, 0.25) is 0 Å². The molecule has 1 aliphatic heterocycles. The number of nitrogens with zero attached hydrogens (tertiary/aromatic N) is 3. The molecule has 8 heteroatoms. The SMILES string of the molecule is CC1CCCN(S(=O)(=O)c2ncccc2F)C1N=C=O. The monoisotopic (exact) mass is 299 g/mol. The van der Waals surface area contributed by atoms with Crippen LogP contribution < -0.4 is 0 Å². The Hall–Kier alpha value is -1.63. The molecule has 108 valence electrons. The van der Waals surface area contributed by atoms with Gasteiger partial charge in [-0.05, 0) is 30.9 Å². The molecule has 2 heterocycles. The molecule has 1 fully saturated rings. The first kappa shape index (κ1) is 14.8. The van der Waals surface area contributed by atoms with Gasteiger partial charge < -0.3 is 0 Å². The first-order valence-electron chi connectivity index (χ1n) is 6.18. The summed E-state index contributed by atoms with van der Waals surface area (Å²) in [5.74, 6) is -1.05. The Kier molecular flexibility index (Phi) is 4.27. The van der Waals surface area contributed by atoms with Gasteiger partial charge in [0.25, 0.3) is 10.0 Å². The summed E-state index contributed by atoms with van der Waals surface area (Å²) >= 11 is 0. The third-order valence-corrected chi connectivity index (χ3v) is 5.11. The number of sulfonamides is 1. The van der Waals surface area contributed by atoms with Crippen LogP contribution in [0, 0.1) is 11.7 Å². The quantitative estimate of drug-likeness (QED) is 0.622. The van der Waals surface area contributed by atoms with E-state index < -0.39 is 27.0 Å². The third kappa shape index (κ3) is 2.63. The van der Waals surface area contributed by atoms with Crippen molar-refractivity contribution in [2.75, 3.05) is 6.54 Å². The second-order valence-electron chi connectivity index (χ2n) is 4.66. The molecular weight excluding hydrogens is 285 g/mol. The van der Waals surface area contributed by atoms with Crippen LogP contribution in [0.4, 0.5) is 4.39 Å². The fraction of sp³-hybridized carbons (Fsp3) is 0.500. The van der Waals surface area contributed by atoms with Crippen molar-refractivity contribution in [3.63, 3.8) is 0 Å². The van der Waals surface area contributed by atoms with Gasteiger partial charge in [-0.25, -0.2) is 22.6 Å². The van der Waals surface area contributed by atoms with E-state index >= 15 is 0 Å². The van der Waals surface area contributed by atoms with E-state index in [1.54, 1.807) is 6.92 Å². The van der Waals surface area contributed by atoms with Crippen LogP contribution in [0.15, 0.2) is 28.3 Å². The Bertz CT molecular complexity index is 643. The second-order valence-corrected chi connectivity index (χ2v) is 6.47. The van der Waals surface area contributed by atoms with Gasteiger partial charge in [0.05, 0.1) is 0 Å². The summed E-state index contributed by atoms with van der Waals surface area (Å²) in [4.78, 5) is 17.7. The highest BCUT2D eigenvalue weighted by Crippen LogP contribution is 2.29. The number of aliphatic imine (C=N–C) groups is 1. The van der Waals surface area contributed by atoms with Crippen LogP contribution in [-0.2, 0) is 14.8 Å². The maximum atomic E-state index is 13.7. The van der Waals surface area contributed by atoms with Gasteiger partial charge in [0, 0.05) is 12.7 Å². The molecule has 1 aromatic heterocycles. The van der Waals surface area contributed by atoms with E-state index in [0.717, 1.165) is 16.8 Å². The molecule has 0 amide bonds. The summed E-state index contributed by atoms with van der Waals surface area (Å²) in [5, 5.41) is -0.639. The molecule has 0 radical (unpaired) electrons. The van der Waals surface area contributed by atoms with Crippen LogP contribution in [0.3, 0.4) is 0 Å². The summed E-state index contributed by atoms with van der Waals surface area (Å²) in [6, 6.07) is 2.35. The molecule has 20 heavy (non-hydrogen) atoms. The highest BCUT2D eigenvalue weighted by molar-refractivity contribution is 7.89. The number of carbonyl (C=O) groups excluding carboxylic acids is 1. The van der Waals surface area contributed by atoms with Crippen molar-refractivity contribution in [1.29, 1.82) is 0 Å². The van der Waals surface area contributed by atoms with Crippen LogP contribution in [0.5, 0.6) is 0 Å². The van der Waals surface area contributed by atoms with Gasteiger partial charge in [-0.2, -0.15) is 9.30 Å². The minimum Gasteiger partial charge on any atom is -0.241 e. The fourth-order valence-electron chi connectivity index (χ4n) is 2.31. The van der Waals surface area contributed by atoms with E-state index in [1.165, 1.54) is 18.3 Å². The van der Waals surface area contributed by atoms with Gasteiger partial charge in [-0.15, -0.1) is 0 Å². The molecule has 1 aromatic rings. The Labute approximate surface area is 116 Å². The van der Waals surface area contributed by atoms with E-state index in [9.17, 15) is 17.6 Å². The molecule has 0 aliphatic carbocycles. The Morgan fingerprint density at radius 1 is 1.55 bits per heavy atom. The highest BCUT2D eigenvalue weighted by atomic mass is 32.2. The molecule has 2 unspecified atom stereocenters. The van der Waals surface area contributed by atoms with Crippen molar-refractivity contribution < 1.29 is 17.6 Å². The molecule has 1 aliphatic rings. The number of halogens is 1. The predicted molar refractivity (Wildman–Crippen MR) is 68.4 cm³/mol. The van der Waals surface area contributed by atoms with Gasteiger partial charge >= 0.3 is 0 Å². The fourth-order valence-corrected chi connectivity index (χ4v) is 3.95. The number of hydrogen-bond donors (Lipinski definition) is 0. The zero-order valence-corrected chi connectivity index (χ0v) is 11.7. The van der Waals surface area contributed by atoms with Crippen molar-refractivity contribution >= 4 is 16.1 Å². The highest BCUT2D eigenvalue weighted by Gasteiger charge is 2.39. The van der Waals surface area contributed by atoms with E-state index in [2.05, 4.69) is 9.98 Å². The minimum absolute atomic E-state index is 0.133. The standard InChI is InChI=1S/C12H14FN3O3S/c1-9-4-3-7-16(11(9)15-8-17)20(18,19)12-10(13)5-2-6-14-12/h2,5-6,9,11H,3-4,7H2,1H3. The summed E-state index contributed by atoms with van der Waals surface area (Å²) in [5.41, 5.74) is 0. The van der Waals surface area contributed by atoms with Gasteiger partial charge in [0.15, 0.2) is 5.82 Å². The number of piperidine rings is 1. The molecule has 0 saturated carbocycles. The van der Waals surface area contributed by atoms with Gasteiger partial charge in [0.2, 0.25) is 11.1 Å². The topological polar surface area (TPSA) is 79.7 Å². The number of pyridine rings is 1. The minimum atomic E-state index is -4.12. The first-order valence-corrected chi connectivity index (χ1v) is 7.62. The molecule has 0 N–H and O–H groups in total. The Balaban J connectivity index is 2.47. The lowest BCUT2D eigenvalue weighted by atomic mass is 9.98. The smallest absolute Gasteiger partial charge is 0.241 e. The molecule has 6 nitrogen and oxygen atoms in total. The summed E-state index contributed by atoms with van der Waals surface area (Å²) in [6.45, 7) is 1.97. The normalized spacial score (nSPS) is 24.1. The molecule has 1 saturated heterocycles. The van der Waals surface area contributed by atoms with E-state index in [1.807, 2.05) is 0 Å². The van der Waals surface area contributed by atoms with Gasteiger partial charge in [0.1, 0.15) is 6.17 Å². The average Bonchev–Trinajstić information content (AvgIpc) is 2.41. The molecule has 0 spiro atoms. The van der Waals surface area contributed by atoms with Crippen molar-refractivity contribution in [1.82, 2.24) is 9.29 Å². The second kappa shape index (κ2) is 5.78. The van der Waals surface area contributed by atoms with E-state index in [4.69, 9.17) is 0 Å². The molecular formula is C12H14FN3O3S. The first-order chi connectivity index (χ1) is 9.48. The van der Waals surface area contributed by atoms with Crippen molar-refractivity contribution in [2.45, 2.75) is 31.0 Å². The lowest BCUT2D eigenvalue weighted by Gasteiger charge is -2.35. The zero-order chi connectivity index (χ0) is 14.8. The van der Waals surface area contributed by atoms with Crippen LogP contribution in [-0.4, -0.2) is 36.5 Å². The largest absolute Gasteiger partial charge is 0.265 e.